The van der Waals surface area contributed by atoms with Gasteiger partial charge in [0.05, 0.1) is 0 Å². The van der Waals surface area contributed by atoms with Gasteiger partial charge in [-0.2, -0.15) is 0 Å². The fourth-order valence-corrected chi connectivity index (χ4v) is 1.17. The normalized spacial score (nSPS) is 16.3. The lowest BCUT2D eigenvalue weighted by atomic mass is 10.2. The zero-order chi connectivity index (χ0) is 8.69. The zero-order valence-corrected chi connectivity index (χ0v) is 7.30. The van der Waals surface area contributed by atoms with Gasteiger partial charge in [-0.1, -0.05) is 19.8 Å². The minimum atomic E-state index is -2.33. The molecule has 0 fully saturated rings. The van der Waals surface area contributed by atoms with Crippen LogP contribution in [-0.4, -0.2) is 19.5 Å². The van der Waals surface area contributed by atoms with Crippen LogP contribution < -0.4 is 0 Å². The lowest BCUT2D eigenvalue weighted by Gasteiger charge is -2.15. The third kappa shape index (κ3) is 5.32. The minimum Gasteiger partial charge on any atom is -0.770 e. The second-order valence-corrected chi connectivity index (χ2v) is 3.34. The van der Waals surface area contributed by atoms with E-state index in [1.165, 1.54) is 0 Å². The van der Waals surface area contributed by atoms with Crippen molar-refractivity contribution in [3.05, 3.63) is 0 Å². The van der Waals surface area contributed by atoms with Crippen LogP contribution in [0.4, 0.5) is 0 Å². The molecule has 1 N–H and O–H groups in total. The van der Waals surface area contributed by atoms with Crippen molar-refractivity contribution in [3.63, 3.8) is 0 Å². The Balaban J connectivity index is 3.44. The Kier molecular flexibility index (Phi) is 6.74. The molecule has 0 aromatic heterocycles. The van der Waals surface area contributed by atoms with Gasteiger partial charge in [-0.15, -0.1) is 0 Å². The van der Waals surface area contributed by atoms with E-state index in [0.29, 0.717) is 6.42 Å². The molecular weight excluding hydrogens is 168 g/mol. The van der Waals surface area contributed by atoms with Crippen LogP contribution in [0.15, 0.2) is 0 Å². The molecule has 0 aliphatic carbocycles. The van der Waals surface area contributed by atoms with Gasteiger partial charge in [-0.05, 0) is 23.9 Å². The largest absolute Gasteiger partial charge is 0.770 e. The molecule has 0 rings (SSSR count). The molecule has 11 heavy (non-hydrogen) atoms. The molecule has 0 spiro atoms. The Morgan fingerprint density at radius 3 is 2.64 bits per heavy atom. The molecule has 0 aliphatic rings. The highest BCUT2D eigenvalue weighted by molar-refractivity contribution is 7.79. The summed E-state index contributed by atoms with van der Waals surface area (Å²) in [5.74, 6) is 0. The Morgan fingerprint density at radius 2 is 2.27 bits per heavy atom. The van der Waals surface area contributed by atoms with E-state index >= 15 is 0 Å². The molecule has 2 atom stereocenters. The average Bonchev–Trinajstić information content (AvgIpc) is 1.97. The highest BCUT2D eigenvalue weighted by Gasteiger charge is 2.07. The summed E-state index contributed by atoms with van der Waals surface area (Å²) in [7, 11) is 0. The maximum absolute atomic E-state index is 10.2. The maximum Gasteiger partial charge on any atom is 0.154 e. The number of rotatable bonds is 6. The first-order chi connectivity index (χ1) is 5.22. The van der Waals surface area contributed by atoms with Crippen LogP contribution in [0.2, 0.25) is 0 Å². The first-order valence-electron chi connectivity index (χ1n) is 3.60. The third-order valence-corrected chi connectivity index (χ3v) is 2.13. The van der Waals surface area contributed by atoms with Crippen LogP contribution in [0.25, 0.3) is 0 Å². The van der Waals surface area contributed by atoms with Gasteiger partial charge in [-0.25, -0.2) is 4.89 Å². The molecule has 0 amide bonds. The molecular formula is C6H13O4S-. The molecule has 2 unspecified atom stereocenters. The number of hydrogen-bond donors (Lipinski definition) is 1. The van der Waals surface area contributed by atoms with Crippen molar-refractivity contribution in [2.24, 2.45) is 0 Å². The quantitative estimate of drug-likeness (QED) is 0.290. The molecule has 0 bridgehead atoms. The second-order valence-electron chi connectivity index (χ2n) is 2.29. The lowest BCUT2D eigenvalue weighted by molar-refractivity contribution is -0.257. The fraction of sp³-hybridized carbons (Fsp3) is 1.00. The summed E-state index contributed by atoms with van der Waals surface area (Å²) in [4.78, 5) is 3.75. The monoisotopic (exact) mass is 181 g/mol. The van der Waals surface area contributed by atoms with Gasteiger partial charge in [0.2, 0.25) is 0 Å². The highest BCUT2D eigenvalue weighted by atomic mass is 32.2. The predicted octanol–water partition coefficient (Wildman–Crippen LogP) is 1.26. The van der Waals surface area contributed by atoms with E-state index in [9.17, 15) is 8.76 Å². The van der Waals surface area contributed by atoms with Crippen LogP contribution in [-0.2, 0) is 16.0 Å². The first kappa shape index (κ1) is 11.0. The average molecular weight is 181 g/mol. The molecule has 68 valence electrons. The van der Waals surface area contributed by atoms with E-state index < -0.39 is 16.5 Å². The van der Waals surface area contributed by atoms with Crippen LogP contribution in [0.5, 0.6) is 0 Å². The van der Waals surface area contributed by atoms with E-state index in [1.807, 2.05) is 6.92 Å². The summed E-state index contributed by atoms with van der Waals surface area (Å²) < 4.78 is 20.5. The highest BCUT2D eigenvalue weighted by Crippen LogP contribution is 2.07. The smallest absolute Gasteiger partial charge is 0.154 e. The molecule has 5 heteroatoms. The van der Waals surface area contributed by atoms with Crippen molar-refractivity contribution in [1.82, 2.24) is 0 Å². The van der Waals surface area contributed by atoms with Gasteiger partial charge in [-0.3, -0.25) is 9.47 Å². The van der Waals surface area contributed by atoms with Gasteiger partial charge in [0.1, 0.15) is 0 Å². The van der Waals surface area contributed by atoms with E-state index in [1.54, 1.807) is 0 Å². The summed E-state index contributed by atoms with van der Waals surface area (Å²) >= 11 is -2.33. The van der Waals surface area contributed by atoms with Gasteiger partial charge >= 0.3 is 0 Å². The van der Waals surface area contributed by atoms with Crippen LogP contribution >= 0.6 is 0 Å². The summed E-state index contributed by atoms with van der Waals surface area (Å²) in [6, 6.07) is 0. The SMILES string of the molecule is CCCCCC(OO)S(=O)[O-]. The van der Waals surface area contributed by atoms with E-state index in [-0.39, 0.29) is 0 Å². The standard InChI is InChI=1S/C6H14O4S/c1-2-3-4-5-6(10-7)11(8)9/h6-7H,2-5H2,1H3,(H,8,9)/p-1. The van der Waals surface area contributed by atoms with E-state index in [0.717, 1.165) is 19.3 Å². The van der Waals surface area contributed by atoms with Crippen molar-refractivity contribution < 1.29 is 18.9 Å². The minimum absolute atomic E-state index is 0.362. The topological polar surface area (TPSA) is 69.6 Å². The number of hydrogen-bond acceptors (Lipinski definition) is 4. The molecule has 4 nitrogen and oxygen atoms in total. The van der Waals surface area contributed by atoms with Gasteiger partial charge in [0.25, 0.3) is 0 Å². The predicted molar refractivity (Wildman–Crippen MR) is 40.6 cm³/mol. The summed E-state index contributed by atoms with van der Waals surface area (Å²) in [6.07, 6.45) is 3.09. The molecule has 0 saturated heterocycles. The second kappa shape index (κ2) is 6.72. The van der Waals surface area contributed by atoms with E-state index in [4.69, 9.17) is 5.26 Å². The third-order valence-electron chi connectivity index (χ3n) is 1.38. The number of unbranched alkanes of at least 4 members (excludes halogenated alkanes) is 2. The molecule has 0 aromatic rings. The Labute approximate surface area is 68.8 Å². The Hall–Kier alpha value is 0.0300. The van der Waals surface area contributed by atoms with Crippen molar-refractivity contribution in [2.75, 3.05) is 0 Å². The van der Waals surface area contributed by atoms with Crippen molar-refractivity contribution in [3.8, 4) is 0 Å². The molecule has 0 heterocycles. The summed E-state index contributed by atoms with van der Waals surface area (Å²) in [5, 5.41) is 8.10. The van der Waals surface area contributed by atoms with Crippen molar-refractivity contribution in [2.45, 2.75) is 38.0 Å². The first-order valence-corrected chi connectivity index (χ1v) is 4.74. The van der Waals surface area contributed by atoms with Gasteiger partial charge in [0.15, 0.2) is 5.44 Å². The van der Waals surface area contributed by atoms with Crippen LogP contribution in [0.1, 0.15) is 32.6 Å². The molecule has 0 aromatic carbocycles. The van der Waals surface area contributed by atoms with E-state index in [2.05, 4.69) is 4.89 Å². The fourth-order valence-electron chi connectivity index (χ4n) is 0.745. The molecule has 0 saturated carbocycles. The Bertz CT molecular complexity index is 117. The van der Waals surface area contributed by atoms with Crippen LogP contribution in [0.3, 0.4) is 0 Å². The maximum atomic E-state index is 10.2. The van der Waals surface area contributed by atoms with Crippen molar-refractivity contribution in [1.29, 1.82) is 0 Å². The lowest BCUT2D eigenvalue weighted by Crippen LogP contribution is -2.16. The van der Waals surface area contributed by atoms with Crippen LogP contribution in [0, 0.1) is 0 Å². The van der Waals surface area contributed by atoms with Gasteiger partial charge in [0, 0.05) is 0 Å². The summed E-state index contributed by atoms with van der Waals surface area (Å²) in [5.41, 5.74) is -1.05. The molecule has 0 radical (unpaired) electrons. The zero-order valence-electron chi connectivity index (χ0n) is 6.49. The molecule has 0 aliphatic heterocycles. The summed E-state index contributed by atoms with van der Waals surface area (Å²) in [6.45, 7) is 2.02. The van der Waals surface area contributed by atoms with Crippen molar-refractivity contribution >= 4 is 11.1 Å². The van der Waals surface area contributed by atoms with Gasteiger partial charge < -0.3 is 4.55 Å². The Morgan fingerprint density at radius 1 is 1.64 bits per heavy atom.